The summed E-state index contributed by atoms with van der Waals surface area (Å²) in [5.74, 6) is -0.797. The van der Waals surface area contributed by atoms with Crippen molar-refractivity contribution < 1.29 is 14.4 Å². The molecule has 8 heteroatoms. The van der Waals surface area contributed by atoms with E-state index >= 15 is 0 Å². The number of carbonyl (C=O) groups is 3. The third kappa shape index (κ3) is 4.43. The Kier molecular flexibility index (Phi) is 6.97. The molecule has 6 nitrogen and oxygen atoms in total. The Balaban J connectivity index is 1.53. The van der Waals surface area contributed by atoms with E-state index in [2.05, 4.69) is 10.6 Å². The molecule has 0 aromatic heterocycles. The summed E-state index contributed by atoms with van der Waals surface area (Å²) in [6, 6.07) is 13.4. The number of thioether (sulfide) groups is 1. The van der Waals surface area contributed by atoms with Gasteiger partial charge in [0.25, 0.3) is 5.91 Å². The van der Waals surface area contributed by atoms with Crippen LogP contribution in [0.3, 0.4) is 0 Å². The largest absolute Gasteiger partial charge is 0.350 e. The maximum atomic E-state index is 13.6. The number of carbonyl (C=O) groups excluding carboxylic acids is 3. The first kappa shape index (κ1) is 24.6. The number of nitrogens with zero attached hydrogens (tertiary/aromatic N) is 1. The van der Waals surface area contributed by atoms with Gasteiger partial charge in [-0.1, -0.05) is 68.3 Å². The fourth-order valence-corrected chi connectivity index (χ4v) is 6.46. The van der Waals surface area contributed by atoms with Crippen LogP contribution in [-0.4, -0.2) is 39.5 Å². The number of amides is 3. The Morgan fingerprint density at radius 1 is 1.15 bits per heavy atom. The molecule has 3 amide bonds. The van der Waals surface area contributed by atoms with Gasteiger partial charge in [-0.15, -0.1) is 11.8 Å². The van der Waals surface area contributed by atoms with Crippen LogP contribution in [-0.2, 0) is 16.1 Å². The molecule has 0 aliphatic carbocycles. The van der Waals surface area contributed by atoms with E-state index in [1.165, 1.54) is 0 Å². The first-order valence-corrected chi connectivity index (χ1v) is 12.8. The molecule has 2 aliphatic heterocycles. The zero-order chi connectivity index (χ0) is 24.6. The van der Waals surface area contributed by atoms with Gasteiger partial charge < -0.3 is 15.5 Å². The van der Waals surface area contributed by atoms with E-state index in [9.17, 15) is 14.4 Å². The third-order valence-corrected chi connectivity index (χ3v) is 8.65. The summed E-state index contributed by atoms with van der Waals surface area (Å²) in [5.41, 5.74) is 2.39. The second-order valence-corrected chi connectivity index (χ2v) is 11.6. The van der Waals surface area contributed by atoms with Gasteiger partial charge in [0.05, 0.1) is 0 Å². The number of hydrogen-bond acceptors (Lipinski definition) is 4. The van der Waals surface area contributed by atoms with Crippen LogP contribution in [0.25, 0.3) is 0 Å². The minimum absolute atomic E-state index is 0.0883. The maximum absolute atomic E-state index is 13.6. The van der Waals surface area contributed by atoms with Crippen LogP contribution in [0.4, 0.5) is 0 Å². The van der Waals surface area contributed by atoms with Crippen molar-refractivity contribution in [1.29, 1.82) is 0 Å². The van der Waals surface area contributed by atoms with Gasteiger partial charge in [-0.25, -0.2) is 0 Å². The molecule has 4 rings (SSSR count). The van der Waals surface area contributed by atoms with Gasteiger partial charge in [-0.2, -0.15) is 0 Å². The quantitative estimate of drug-likeness (QED) is 0.586. The summed E-state index contributed by atoms with van der Waals surface area (Å²) in [5, 5.41) is 6.28. The summed E-state index contributed by atoms with van der Waals surface area (Å²) >= 11 is 7.83. The minimum atomic E-state index is -0.722. The van der Waals surface area contributed by atoms with Crippen LogP contribution < -0.4 is 10.6 Å². The molecule has 0 saturated carbocycles. The summed E-state index contributed by atoms with van der Waals surface area (Å²) < 4.78 is -0.508. The van der Waals surface area contributed by atoms with Crippen LogP contribution in [0.1, 0.15) is 61.0 Å². The monoisotopic (exact) mass is 499 g/mol. The molecule has 0 unspecified atom stereocenters. The lowest BCUT2D eigenvalue weighted by molar-refractivity contribution is -0.133. The summed E-state index contributed by atoms with van der Waals surface area (Å²) in [4.78, 5) is 41.7. The van der Waals surface area contributed by atoms with Gasteiger partial charge in [0.1, 0.15) is 17.5 Å². The Bertz CT molecular complexity index is 1120. The van der Waals surface area contributed by atoms with Gasteiger partial charge in [0, 0.05) is 21.9 Å². The predicted octanol–water partition coefficient (Wildman–Crippen LogP) is 4.54. The number of hydrogen-bond donors (Lipinski definition) is 2. The normalized spacial score (nSPS) is 22.0. The van der Waals surface area contributed by atoms with Crippen molar-refractivity contribution >= 4 is 41.1 Å². The van der Waals surface area contributed by atoms with Gasteiger partial charge in [-0.05, 0) is 43.0 Å². The van der Waals surface area contributed by atoms with E-state index in [0.717, 1.165) is 11.1 Å². The van der Waals surface area contributed by atoms with E-state index in [1.807, 2.05) is 70.2 Å². The van der Waals surface area contributed by atoms with Crippen LogP contribution in [0.15, 0.2) is 48.5 Å². The summed E-state index contributed by atoms with van der Waals surface area (Å²) in [6.07, 6.45) is 0.712. The van der Waals surface area contributed by atoms with E-state index in [1.54, 1.807) is 22.7 Å². The van der Waals surface area contributed by atoms with E-state index in [0.29, 0.717) is 17.0 Å². The van der Waals surface area contributed by atoms with Gasteiger partial charge in [0.2, 0.25) is 11.8 Å². The van der Waals surface area contributed by atoms with Crippen LogP contribution in [0.2, 0.25) is 5.02 Å². The maximum Gasteiger partial charge on any atom is 0.256 e. The molecule has 4 atom stereocenters. The fraction of sp³-hybridized carbons (Fsp3) is 0.423. The summed E-state index contributed by atoms with van der Waals surface area (Å²) in [6.45, 7) is 8.15. The molecule has 1 saturated heterocycles. The number of halogens is 1. The average Bonchev–Trinajstić information content (AvgIpc) is 3.25. The highest BCUT2D eigenvalue weighted by atomic mass is 35.5. The van der Waals surface area contributed by atoms with Crippen LogP contribution >= 0.6 is 23.4 Å². The lowest BCUT2D eigenvalue weighted by Crippen LogP contribution is -2.58. The second kappa shape index (κ2) is 9.62. The van der Waals surface area contributed by atoms with Crippen molar-refractivity contribution in [3.63, 3.8) is 0 Å². The molecule has 2 aliphatic rings. The molecule has 2 heterocycles. The third-order valence-electron chi connectivity index (χ3n) is 6.75. The lowest BCUT2D eigenvalue weighted by Gasteiger charge is -2.32. The number of rotatable bonds is 7. The summed E-state index contributed by atoms with van der Waals surface area (Å²) in [7, 11) is 0. The predicted molar refractivity (Wildman–Crippen MR) is 135 cm³/mol. The fourth-order valence-electron chi connectivity index (χ4n) is 4.67. The van der Waals surface area contributed by atoms with Gasteiger partial charge in [-0.3, -0.25) is 14.4 Å². The molecule has 0 bridgehead atoms. The molecular weight excluding hydrogens is 470 g/mol. The first-order valence-electron chi connectivity index (χ1n) is 11.6. The van der Waals surface area contributed by atoms with Crippen molar-refractivity contribution in [2.24, 2.45) is 5.92 Å². The second-order valence-electron chi connectivity index (χ2n) is 9.46. The Morgan fingerprint density at radius 3 is 2.53 bits per heavy atom. The molecule has 0 spiro atoms. The SMILES string of the molecule is CC[C@H](C)[C@H](NC(=O)[C@H]1N2C(=O)c3ccccc3[C@@H]2SC1(C)C)C(=O)NCc1ccccc1Cl. The lowest BCUT2D eigenvalue weighted by atomic mass is 9.95. The highest BCUT2D eigenvalue weighted by Gasteiger charge is 2.57. The van der Waals surface area contributed by atoms with E-state index in [-0.39, 0.29) is 35.6 Å². The van der Waals surface area contributed by atoms with Crippen LogP contribution in [0, 0.1) is 5.92 Å². The molecule has 2 aromatic carbocycles. The first-order chi connectivity index (χ1) is 16.2. The van der Waals surface area contributed by atoms with Crippen molar-refractivity contribution in [3.05, 3.63) is 70.2 Å². The molecule has 34 heavy (non-hydrogen) atoms. The zero-order valence-electron chi connectivity index (χ0n) is 19.8. The molecule has 180 valence electrons. The average molecular weight is 500 g/mol. The van der Waals surface area contributed by atoms with E-state index in [4.69, 9.17) is 11.6 Å². The van der Waals surface area contributed by atoms with Crippen molar-refractivity contribution in [2.75, 3.05) is 0 Å². The molecular formula is C26H30ClN3O3S. The van der Waals surface area contributed by atoms with Crippen molar-refractivity contribution in [2.45, 2.75) is 62.9 Å². The van der Waals surface area contributed by atoms with Crippen LogP contribution in [0.5, 0.6) is 0 Å². The zero-order valence-corrected chi connectivity index (χ0v) is 21.4. The number of fused-ring (bicyclic) bond motifs is 3. The topological polar surface area (TPSA) is 78.5 Å². The van der Waals surface area contributed by atoms with Crippen molar-refractivity contribution in [1.82, 2.24) is 15.5 Å². The molecule has 1 fully saturated rings. The Morgan fingerprint density at radius 2 is 1.82 bits per heavy atom. The number of benzene rings is 2. The Labute approximate surface area is 209 Å². The Hall–Kier alpha value is -2.51. The number of nitrogens with one attached hydrogen (secondary N) is 2. The molecule has 0 radical (unpaired) electrons. The standard InChI is InChI=1S/C26H30ClN3O3S/c1-5-15(2)20(22(31)28-14-16-10-6-9-13-19(16)27)29-23(32)21-26(3,4)34-25-18-12-8-7-11-17(18)24(33)30(21)25/h6-13,15,20-21,25H,5,14H2,1-4H3,(H,28,31)(H,29,32)/t15-,20-,21+,25-/m0/s1. The van der Waals surface area contributed by atoms with Gasteiger partial charge in [0.15, 0.2) is 0 Å². The highest BCUT2D eigenvalue weighted by molar-refractivity contribution is 8.01. The molecule has 2 aromatic rings. The highest BCUT2D eigenvalue weighted by Crippen LogP contribution is 2.56. The van der Waals surface area contributed by atoms with Gasteiger partial charge >= 0.3 is 0 Å². The van der Waals surface area contributed by atoms with Crippen molar-refractivity contribution in [3.8, 4) is 0 Å². The van der Waals surface area contributed by atoms with E-state index < -0.39 is 16.8 Å². The smallest absolute Gasteiger partial charge is 0.256 e. The molecule has 2 N–H and O–H groups in total. The minimum Gasteiger partial charge on any atom is -0.350 e.